The summed E-state index contributed by atoms with van der Waals surface area (Å²) in [6.07, 6.45) is 13.2. The Morgan fingerprint density at radius 1 is 1.20 bits per heavy atom. The SMILES string of the molecule is CCCCCCC(=O)O[C@H](C=CC1CC(=O)CC1C#N)CCCCC. The van der Waals surface area contributed by atoms with Crippen molar-refractivity contribution in [1.29, 1.82) is 5.26 Å². The van der Waals surface area contributed by atoms with E-state index in [2.05, 4.69) is 19.9 Å². The fraction of sp³-hybridized carbons (Fsp3) is 0.762. The highest BCUT2D eigenvalue weighted by Crippen LogP contribution is 2.30. The van der Waals surface area contributed by atoms with Crippen LogP contribution >= 0.6 is 0 Å². The first-order chi connectivity index (χ1) is 12.1. The average molecular weight is 347 g/mol. The number of carbonyl (C=O) groups excluding carboxylic acids is 2. The fourth-order valence-corrected chi connectivity index (χ4v) is 3.21. The molecule has 0 radical (unpaired) electrons. The molecule has 0 spiro atoms. The van der Waals surface area contributed by atoms with Crippen molar-refractivity contribution in [1.82, 2.24) is 0 Å². The number of esters is 1. The molecule has 0 aromatic rings. The number of allylic oxidation sites excluding steroid dienone is 1. The van der Waals surface area contributed by atoms with Crippen molar-refractivity contribution < 1.29 is 14.3 Å². The van der Waals surface area contributed by atoms with Crippen molar-refractivity contribution >= 4 is 11.8 Å². The van der Waals surface area contributed by atoms with E-state index in [1.165, 1.54) is 0 Å². The molecule has 0 aliphatic heterocycles. The van der Waals surface area contributed by atoms with Gasteiger partial charge in [0.25, 0.3) is 0 Å². The zero-order chi connectivity index (χ0) is 18.5. The number of nitriles is 1. The van der Waals surface area contributed by atoms with Gasteiger partial charge in [0.15, 0.2) is 0 Å². The Morgan fingerprint density at radius 3 is 2.60 bits per heavy atom. The van der Waals surface area contributed by atoms with Crippen LogP contribution in [0.2, 0.25) is 0 Å². The van der Waals surface area contributed by atoms with Gasteiger partial charge in [-0.05, 0) is 25.3 Å². The fourth-order valence-electron chi connectivity index (χ4n) is 3.21. The molecule has 1 fully saturated rings. The maximum absolute atomic E-state index is 12.1. The first kappa shape index (κ1) is 21.4. The van der Waals surface area contributed by atoms with E-state index in [9.17, 15) is 9.59 Å². The lowest BCUT2D eigenvalue weighted by Crippen LogP contribution is -2.17. The number of nitrogens with zero attached hydrogens (tertiary/aromatic N) is 1. The molecule has 0 bridgehead atoms. The van der Waals surface area contributed by atoms with Crippen LogP contribution in [0.1, 0.15) is 84.5 Å². The van der Waals surface area contributed by atoms with E-state index >= 15 is 0 Å². The van der Waals surface area contributed by atoms with E-state index < -0.39 is 0 Å². The maximum Gasteiger partial charge on any atom is 0.306 e. The number of carbonyl (C=O) groups is 2. The molecule has 0 aromatic heterocycles. The van der Waals surface area contributed by atoms with Crippen LogP contribution in [0.15, 0.2) is 12.2 Å². The van der Waals surface area contributed by atoms with E-state index in [4.69, 9.17) is 10.00 Å². The third kappa shape index (κ3) is 8.86. The number of rotatable bonds is 12. The van der Waals surface area contributed by atoms with Crippen molar-refractivity contribution in [2.24, 2.45) is 11.8 Å². The smallest absolute Gasteiger partial charge is 0.306 e. The zero-order valence-electron chi connectivity index (χ0n) is 15.8. The number of hydrogen-bond acceptors (Lipinski definition) is 4. The van der Waals surface area contributed by atoms with Gasteiger partial charge < -0.3 is 4.74 Å². The quantitative estimate of drug-likeness (QED) is 0.279. The van der Waals surface area contributed by atoms with Gasteiger partial charge in [0.05, 0.1) is 12.0 Å². The standard InChI is InChI=1S/C21H33NO3/c1-3-5-7-9-11-21(24)25-20(10-8-6-4-2)13-12-17-14-19(23)15-18(17)16-22/h12-13,17-18,20H,3-11,14-15H2,1-2H3/t17?,18?,20-/m0/s1. The lowest BCUT2D eigenvalue weighted by Gasteiger charge is -2.16. The van der Waals surface area contributed by atoms with E-state index in [1.807, 2.05) is 12.2 Å². The predicted molar refractivity (Wildman–Crippen MR) is 98.8 cm³/mol. The van der Waals surface area contributed by atoms with Crippen molar-refractivity contribution in [3.8, 4) is 6.07 Å². The van der Waals surface area contributed by atoms with Crippen LogP contribution < -0.4 is 0 Å². The van der Waals surface area contributed by atoms with Gasteiger partial charge >= 0.3 is 5.97 Å². The summed E-state index contributed by atoms with van der Waals surface area (Å²) < 4.78 is 5.64. The Labute approximate surface area is 152 Å². The Morgan fingerprint density at radius 2 is 1.92 bits per heavy atom. The van der Waals surface area contributed by atoms with Gasteiger partial charge in [0.1, 0.15) is 11.9 Å². The maximum atomic E-state index is 12.1. The monoisotopic (exact) mass is 347 g/mol. The summed E-state index contributed by atoms with van der Waals surface area (Å²) in [6, 6.07) is 2.22. The normalized spacial score (nSPS) is 21.4. The molecular formula is C21H33NO3. The van der Waals surface area contributed by atoms with Crippen LogP contribution in [-0.4, -0.2) is 17.9 Å². The van der Waals surface area contributed by atoms with Crippen molar-refractivity contribution in [3.05, 3.63) is 12.2 Å². The minimum Gasteiger partial charge on any atom is -0.458 e. The first-order valence-corrected chi connectivity index (χ1v) is 9.89. The molecule has 1 rings (SSSR count). The second-order valence-corrected chi connectivity index (χ2v) is 7.07. The van der Waals surface area contributed by atoms with Crippen LogP contribution in [0.25, 0.3) is 0 Å². The summed E-state index contributed by atoms with van der Waals surface area (Å²) in [5.74, 6) is -0.252. The van der Waals surface area contributed by atoms with Crippen LogP contribution in [0.5, 0.6) is 0 Å². The van der Waals surface area contributed by atoms with Gasteiger partial charge in [0, 0.05) is 25.2 Å². The Balaban J connectivity index is 2.53. The Hall–Kier alpha value is -1.63. The van der Waals surface area contributed by atoms with Crippen LogP contribution in [-0.2, 0) is 14.3 Å². The summed E-state index contributed by atoms with van der Waals surface area (Å²) in [7, 11) is 0. The lowest BCUT2D eigenvalue weighted by atomic mass is 9.96. The second kappa shape index (κ2) is 12.7. The Kier molecular flexibility index (Phi) is 10.9. The summed E-state index contributed by atoms with van der Waals surface area (Å²) >= 11 is 0. The molecular weight excluding hydrogens is 314 g/mol. The van der Waals surface area contributed by atoms with E-state index in [-0.39, 0.29) is 29.7 Å². The highest BCUT2D eigenvalue weighted by atomic mass is 16.5. The highest BCUT2D eigenvalue weighted by Gasteiger charge is 2.31. The molecule has 0 heterocycles. The van der Waals surface area contributed by atoms with Crippen LogP contribution in [0.4, 0.5) is 0 Å². The predicted octanol–water partition coefficient (Wildman–Crippen LogP) is 5.12. The van der Waals surface area contributed by atoms with Gasteiger partial charge in [-0.25, -0.2) is 0 Å². The molecule has 2 unspecified atom stereocenters. The van der Waals surface area contributed by atoms with Crippen molar-refractivity contribution in [2.75, 3.05) is 0 Å². The first-order valence-electron chi connectivity index (χ1n) is 9.89. The Bertz CT molecular complexity index is 478. The van der Waals surface area contributed by atoms with Crippen molar-refractivity contribution in [2.45, 2.75) is 90.6 Å². The largest absolute Gasteiger partial charge is 0.458 e. The molecule has 4 nitrogen and oxygen atoms in total. The van der Waals surface area contributed by atoms with Gasteiger partial charge in [-0.2, -0.15) is 5.26 Å². The highest BCUT2D eigenvalue weighted by molar-refractivity contribution is 5.82. The van der Waals surface area contributed by atoms with Gasteiger partial charge in [-0.3, -0.25) is 9.59 Å². The molecule has 140 valence electrons. The van der Waals surface area contributed by atoms with E-state index in [0.29, 0.717) is 19.3 Å². The van der Waals surface area contributed by atoms with Crippen molar-refractivity contribution in [3.63, 3.8) is 0 Å². The van der Waals surface area contributed by atoms with Gasteiger partial charge in [0.2, 0.25) is 0 Å². The molecule has 1 aliphatic rings. The molecule has 0 aromatic carbocycles. The second-order valence-electron chi connectivity index (χ2n) is 7.07. The zero-order valence-corrected chi connectivity index (χ0v) is 15.8. The third-order valence-electron chi connectivity index (χ3n) is 4.78. The number of ketones is 1. The minimum atomic E-state index is -0.236. The number of Topliss-reactive ketones (excluding diaryl/α,β-unsaturated/α-hetero) is 1. The topological polar surface area (TPSA) is 67.2 Å². The number of hydrogen-bond donors (Lipinski definition) is 0. The molecule has 1 aliphatic carbocycles. The molecule has 0 amide bonds. The van der Waals surface area contributed by atoms with E-state index in [1.54, 1.807) is 0 Å². The molecule has 1 saturated carbocycles. The van der Waals surface area contributed by atoms with Gasteiger partial charge in [-0.1, -0.05) is 52.0 Å². The van der Waals surface area contributed by atoms with Crippen LogP contribution in [0, 0.1) is 23.2 Å². The number of ether oxygens (including phenoxy) is 1. The summed E-state index contributed by atoms with van der Waals surface area (Å²) in [6.45, 7) is 4.29. The van der Waals surface area contributed by atoms with Crippen LogP contribution in [0.3, 0.4) is 0 Å². The molecule has 0 N–H and O–H groups in total. The molecule has 4 heteroatoms. The molecule has 0 saturated heterocycles. The average Bonchev–Trinajstić information content (AvgIpc) is 2.96. The molecule has 25 heavy (non-hydrogen) atoms. The lowest BCUT2D eigenvalue weighted by molar-refractivity contribution is -0.147. The van der Waals surface area contributed by atoms with Gasteiger partial charge in [-0.15, -0.1) is 0 Å². The third-order valence-corrected chi connectivity index (χ3v) is 4.78. The van der Waals surface area contributed by atoms with E-state index in [0.717, 1.165) is 51.4 Å². The summed E-state index contributed by atoms with van der Waals surface area (Å²) in [4.78, 5) is 23.6. The minimum absolute atomic E-state index is 0.0329. The molecule has 3 atom stereocenters. The number of unbranched alkanes of at least 4 members (excludes halogenated alkanes) is 5. The summed E-state index contributed by atoms with van der Waals surface area (Å²) in [5.41, 5.74) is 0. The summed E-state index contributed by atoms with van der Waals surface area (Å²) in [5, 5.41) is 9.16.